The van der Waals surface area contributed by atoms with Crippen LogP contribution in [0.5, 0.6) is 0 Å². The molecule has 0 aliphatic carbocycles. The number of carbonyl (C=O) groups excluding carboxylic acids is 2. The first-order valence-electron chi connectivity index (χ1n) is 20.1. The molecule has 8 nitrogen and oxygen atoms in total. The van der Waals surface area contributed by atoms with Crippen LogP contribution in [0.1, 0.15) is 200 Å². The molecule has 0 fully saturated rings. The quantitative estimate of drug-likeness (QED) is 0.0282. The normalized spacial score (nSPS) is 12.7. The largest absolute Gasteiger partial charge is 0.469 e. The Morgan fingerprint density at radius 3 is 1.37 bits per heavy atom. The third kappa shape index (κ3) is 39.2. The van der Waals surface area contributed by atoms with Crippen LogP contribution >= 0.6 is 7.82 Å². The Morgan fingerprint density at radius 1 is 0.510 bits per heavy atom. The summed E-state index contributed by atoms with van der Waals surface area (Å²) in [6, 6.07) is 0. The molecule has 0 bridgehead atoms. The number of hydrogen-bond donors (Lipinski definition) is 2. The highest BCUT2D eigenvalue weighted by atomic mass is 31.2. The van der Waals surface area contributed by atoms with Gasteiger partial charge in [0, 0.05) is 12.8 Å². The molecule has 0 rings (SSSR count). The Hall–Kier alpha value is -1.47. The highest BCUT2D eigenvalue weighted by Crippen LogP contribution is 2.36. The summed E-state index contributed by atoms with van der Waals surface area (Å²) in [6.07, 6.45) is 40.8. The number of hydrogen-bond acceptors (Lipinski definition) is 6. The van der Waals surface area contributed by atoms with E-state index in [0.29, 0.717) is 6.42 Å². The van der Waals surface area contributed by atoms with Crippen LogP contribution in [0, 0.1) is 0 Å². The molecule has 0 saturated heterocycles. The Kier molecular flexibility index (Phi) is 35.2. The molecule has 49 heavy (non-hydrogen) atoms. The second kappa shape index (κ2) is 36.3. The van der Waals surface area contributed by atoms with Gasteiger partial charge in [0.2, 0.25) is 0 Å². The number of phosphoric ester groups is 1. The predicted octanol–water partition coefficient (Wildman–Crippen LogP) is 12.0. The first kappa shape index (κ1) is 47.5. The lowest BCUT2D eigenvalue weighted by Gasteiger charge is -2.18. The van der Waals surface area contributed by atoms with Crippen LogP contribution in [0.2, 0.25) is 0 Å². The number of phosphoric acid groups is 1. The van der Waals surface area contributed by atoms with E-state index in [4.69, 9.17) is 19.3 Å². The van der Waals surface area contributed by atoms with Gasteiger partial charge in [0.1, 0.15) is 6.61 Å². The summed E-state index contributed by atoms with van der Waals surface area (Å²) in [7, 11) is -4.75. The monoisotopic (exact) mass is 715 g/mol. The lowest BCUT2D eigenvalue weighted by atomic mass is 10.0. The molecule has 0 aliphatic heterocycles. The lowest BCUT2D eigenvalue weighted by molar-refractivity contribution is -0.161. The van der Waals surface area contributed by atoms with Gasteiger partial charge in [-0.25, -0.2) is 4.57 Å². The van der Waals surface area contributed by atoms with E-state index in [9.17, 15) is 14.2 Å². The molecule has 0 aromatic rings. The van der Waals surface area contributed by atoms with Gasteiger partial charge in [-0.3, -0.25) is 14.1 Å². The average molecular weight is 715 g/mol. The van der Waals surface area contributed by atoms with Crippen molar-refractivity contribution >= 4 is 19.8 Å². The third-order valence-electron chi connectivity index (χ3n) is 8.70. The number of unbranched alkanes of at least 4 members (excludes halogenated alkanes) is 23. The van der Waals surface area contributed by atoms with Crippen molar-refractivity contribution in [3.8, 4) is 0 Å². The number of carbonyl (C=O) groups is 2. The highest BCUT2D eigenvalue weighted by Gasteiger charge is 2.22. The van der Waals surface area contributed by atoms with E-state index < -0.39 is 32.5 Å². The molecule has 1 atom stereocenters. The summed E-state index contributed by atoms with van der Waals surface area (Å²) in [5.41, 5.74) is 0. The van der Waals surface area contributed by atoms with E-state index >= 15 is 0 Å². The van der Waals surface area contributed by atoms with Crippen molar-refractivity contribution in [2.45, 2.75) is 206 Å². The smallest absolute Gasteiger partial charge is 0.462 e. The fraction of sp³-hybridized carbons (Fsp3) is 0.850. The maximum Gasteiger partial charge on any atom is 0.469 e. The molecule has 0 aromatic heterocycles. The SMILES string of the molecule is CCCCCCCCCCCCCCCC/C=C/CC/C=C/CCCC(=O)O[C@H](COC(=O)CCCCCCCCCC)COP(=O)(O)O. The van der Waals surface area contributed by atoms with Crippen molar-refractivity contribution in [3.63, 3.8) is 0 Å². The van der Waals surface area contributed by atoms with E-state index in [-0.39, 0.29) is 19.4 Å². The van der Waals surface area contributed by atoms with Crippen LogP contribution in [0.25, 0.3) is 0 Å². The molecule has 288 valence electrons. The zero-order valence-corrected chi connectivity index (χ0v) is 32.5. The van der Waals surface area contributed by atoms with Crippen molar-refractivity contribution in [1.82, 2.24) is 0 Å². The van der Waals surface area contributed by atoms with Crippen LogP contribution in [0.3, 0.4) is 0 Å². The van der Waals surface area contributed by atoms with E-state index in [1.807, 2.05) is 0 Å². The molecule has 0 amide bonds. The third-order valence-corrected chi connectivity index (χ3v) is 9.19. The first-order valence-corrected chi connectivity index (χ1v) is 21.7. The molecule has 9 heteroatoms. The Morgan fingerprint density at radius 2 is 0.898 bits per heavy atom. The van der Waals surface area contributed by atoms with E-state index in [1.54, 1.807) is 0 Å². The minimum atomic E-state index is -4.75. The van der Waals surface area contributed by atoms with Gasteiger partial charge in [0.15, 0.2) is 6.10 Å². The van der Waals surface area contributed by atoms with E-state index in [2.05, 4.69) is 42.7 Å². The summed E-state index contributed by atoms with van der Waals surface area (Å²) in [6.45, 7) is 3.62. The molecule has 0 spiro atoms. The molecule has 0 heterocycles. The van der Waals surface area contributed by atoms with Crippen LogP contribution in [0.15, 0.2) is 24.3 Å². The first-order chi connectivity index (χ1) is 23.8. The van der Waals surface area contributed by atoms with Gasteiger partial charge in [-0.2, -0.15) is 0 Å². The lowest BCUT2D eigenvalue weighted by Crippen LogP contribution is -2.29. The molecule has 0 aromatic carbocycles. The van der Waals surface area contributed by atoms with Crippen LogP contribution < -0.4 is 0 Å². The van der Waals surface area contributed by atoms with Gasteiger partial charge < -0.3 is 19.3 Å². The maximum atomic E-state index is 12.3. The van der Waals surface area contributed by atoms with Crippen molar-refractivity contribution in [2.75, 3.05) is 13.2 Å². The minimum absolute atomic E-state index is 0.155. The Balaban J connectivity index is 3.88. The Labute approximate surface area is 300 Å². The number of allylic oxidation sites excluding steroid dienone is 4. The topological polar surface area (TPSA) is 119 Å². The predicted molar refractivity (Wildman–Crippen MR) is 202 cm³/mol. The van der Waals surface area contributed by atoms with Crippen molar-refractivity contribution in [2.24, 2.45) is 0 Å². The van der Waals surface area contributed by atoms with Crippen LogP contribution in [0.4, 0.5) is 0 Å². The summed E-state index contributed by atoms with van der Waals surface area (Å²) in [4.78, 5) is 42.5. The molecular weight excluding hydrogens is 639 g/mol. The fourth-order valence-corrected chi connectivity index (χ4v) is 6.05. The summed E-state index contributed by atoms with van der Waals surface area (Å²) >= 11 is 0. The zero-order valence-electron chi connectivity index (χ0n) is 31.6. The van der Waals surface area contributed by atoms with Crippen LogP contribution in [-0.4, -0.2) is 41.0 Å². The fourth-order valence-electron chi connectivity index (χ4n) is 5.69. The molecule has 0 unspecified atom stereocenters. The van der Waals surface area contributed by atoms with Crippen molar-refractivity contribution in [1.29, 1.82) is 0 Å². The summed E-state index contributed by atoms with van der Waals surface area (Å²) < 4.78 is 26.2. The number of rotatable bonds is 37. The second-order valence-corrected chi connectivity index (χ2v) is 14.8. The van der Waals surface area contributed by atoms with Gasteiger partial charge >= 0.3 is 19.8 Å². The van der Waals surface area contributed by atoms with Gasteiger partial charge in [-0.1, -0.05) is 167 Å². The standard InChI is InChI=1S/C40H75O8P/c1-3-5-7-9-11-13-14-15-16-17-18-19-20-21-22-23-24-25-26-27-29-31-33-35-40(42)48-38(37-47-49(43,44)45)36-46-39(41)34-32-30-28-12-10-8-6-4-2/h23-24,27,29,38H,3-22,25-26,28,30-37H2,1-2H3,(H2,43,44,45)/b24-23+,29-27+/t38-/m1/s1. The van der Waals surface area contributed by atoms with Crippen molar-refractivity contribution < 1.29 is 37.9 Å². The van der Waals surface area contributed by atoms with Gasteiger partial charge in [0.25, 0.3) is 0 Å². The number of esters is 2. The van der Waals surface area contributed by atoms with Gasteiger partial charge in [-0.15, -0.1) is 0 Å². The molecule has 0 radical (unpaired) electrons. The summed E-state index contributed by atoms with van der Waals surface area (Å²) in [5, 5.41) is 0. The minimum Gasteiger partial charge on any atom is -0.462 e. The molecular formula is C40H75O8P. The maximum absolute atomic E-state index is 12.3. The second-order valence-electron chi connectivity index (χ2n) is 13.6. The van der Waals surface area contributed by atoms with E-state index in [0.717, 1.165) is 44.9 Å². The Bertz CT molecular complexity index is 853. The molecule has 2 N–H and O–H groups in total. The van der Waals surface area contributed by atoms with Crippen LogP contribution in [-0.2, 0) is 28.2 Å². The molecule has 0 aliphatic rings. The van der Waals surface area contributed by atoms with Gasteiger partial charge in [0.05, 0.1) is 6.61 Å². The highest BCUT2D eigenvalue weighted by molar-refractivity contribution is 7.46. The number of ether oxygens (including phenoxy) is 2. The van der Waals surface area contributed by atoms with E-state index in [1.165, 1.54) is 122 Å². The zero-order chi connectivity index (χ0) is 36.1. The van der Waals surface area contributed by atoms with Gasteiger partial charge in [-0.05, 0) is 44.9 Å². The summed E-state index contributed by atoms with van der Waals surface area (Å²) in [5.74, 6) is -0.934. The average Bonchev–Trinajstić information content (AvgIpc) is 3.07. The van der Waals surface area contributed by atoms with Crippen molar-refractivity contribution in [3.05, 3.63) is 24.3 Å². The molecule has 0 saturated carbocycles.